The molecular weight excluding hydrogens is 355 g/mol. The number of hydrogen-bond acceptors (Lipinski definition) is 4. The Morgan fingerprint density at radius 1 is 1.11 bits per heavy atom. The maximum atomic E-state index is 14.1. The summed E-state index contributed by atoms with van der Waals surface area (Å²) in [6, 6.07) is 17.8. The minimum atomic E-state index is -0.383. The Balaban J connectivity index is 1.52. The first-order valence-corrected chi connectivity index (χ1v) is 9.28. The minimum absolute atomic E-state index is 0.115. The van der Waals surface area contributed by atoms with Crippen LogP contribution in [0.3, 0.4) is 0 Å². The lowest BCUT2D eigenvalue weighted by molar-refractivity contribution is -0.118. The Labute approximate surface area is 163 Å². The summed E-state index contributed by atoms with van der Waals surface area (Å²) in [6.45, 7) is 0.483. The third kappa shape index (κ3) is 3.58. The third-order valence-corrected chi connectivity index (χ3v) is 5.05. The van der Waals surface area contributed by atoms with Crippen LogP contribution in [0, 0.1) is 5.82 Å². The van der Waals surface area contributed by atoms with Gasteiger partial charge in [0.1, 0.15) is 23.5 Å². The summed E-state index contributed by atoms with van der Waals surface area (Å²) in [7, 11) is 1.85. The van der Waals surface area contributed by atoms with Crippen molar-refractivity contribution < 1.29 is 9.18 Å². The zero-order valence-corrected chi connectivity index (χ0v) is 15.6. The number of carbonyl (C=O) groups is 1. The fourth-order valence-electron chi connectivity index (χ4n) is 3.54. The molecule has 1 atom stereocenters. The molecule has 1 unspecified atom stereocenters. The van der Waals surface area contributed by atoms with Crippen LogP contribution in [0.25, 0.3) is 0 Å². The second kappa shape index (κ2) is 7.76. The number of benzene rings is 2. The average Bonchev–Trinajstić information content (AvgIpc) is 3.10. The van der Waals surface area contributed by atoms with Crippen molar-refractivity contribution in [1.82, 2.24) is 9.97 Å². The molecule has 4 rings (SSSR count). The monoisotopic (exact) mass is 376 g/mol. The van der Waals surface area contributed by atoms with Crippen molar-refractivity contribution in [2.24, 2.45) is 0 Å². The molecule has 3 aromatic rings. The molecule has 5 nitrogen and oxygen atoms in total. The SMILES string of the molecule is CN(c1ccnc(Cc2ccccc2)n1)C1CCN(c2ccccc2F)C1=O. The number of carbonyl (C=O) groups excluding carboxylic acids is 1. The summed E-state index contributed by atoms with van der Waals surface area (Å²) in [6.07, 6.45) is 2.95. The highest BCUT2D eigenvalue weighted by Crippen LogP contribution is 2.28. The van der Waals surface area contributed by atoms with Crippen molar-refractivity contribution in [1.29, 1.82) is 0 Å². The molecule has 0 aliphatic carbocycles. The molecule has 142 valence electrons. The molecule has 0 saturated carbocycles. The Bertz CT molecular complexity index is 979. The molecule has 28 heavy (non-hydrogen) atoms. The largest absolute Gasteiger partial charge is 0.347 e. The van der Waals surface area contributed by atoms with Gasteiger partial charge >= 0.3 is 0 Å². The average molecular weight is 376 g/mol. The van der Waals surface area contributed by atoms with E-state index in [2.05, 4.69) is 9.97 Å². The van der Waals surface area contributed by atoms with E-state index in [0.29, 0.717) is 36.7 Å². The van der Waals surface area contributed by atoms with E-state index < -0.39 is 0 Å². The van der Waals surface area contributed by atoms with Gasteiger partial charge in [0.05, 0.1) is 5.69 Å². The van der Waals surface area contributed by atoms with Crippen molar-refractivity contribution >= 4 is 17.4 Å². The van der Waals surface area contributed by atoms with E-state index in [1.165, 1.54) is 11.0 Å². The summed E-state index contributed by atoms with van der Waals surface area (Å²) in [5.41, 5.74) is 1.46. The molecule has 1 amide bonds. The van der Waals surface area contributed by atoms with Crippen molar-refractivity contribution in [2.75, 3.05) is 23.4 Å². The lowest BCUT2D eigenvalue weighted by Crippen LogP contribution is -2.40. The van der Waals surface area contributed by atoms with Crippen molar-refractivity contribution in [3.05, 3.63) is 84.1 Å². The summed E-state index contributed by atoms with van der Waals surface area (Å²) in [5, 5.41) is 0. The van der Waals surface area contributed by atoms with Crippen LogP contribution < -0.4 is 9.80 Å². The highest BCUT2D eigenvalue weighted by atomic mass is 19.1. The van der Waals surface area contributed by atoms with E-state index in [1.54, 1.807) is 30.5 Å². The second-order valence-electron chi connectivity index (χ2n) is 6.85. The fraction of sp³-hybridized carbons (Fsp3) is 0.227. The molecule has 0 N–H and O–H groups in total. The standard InChI is InChI=1S/C22H21FN4O/c1-26(19-12-14-27(22(19)28)18-10-6-5-9-17(18)23)21-11-13-24-20(25-21)15-16-7-3-2-4-8-16/h2-11,13,19H,12,14-15H2,1H3. The van der Waals surface area contributed by atoms with Gasteiger partial charge in [0.25, 0.3) is 0 Å². The molecule has 1 aromatic heterocycles. The van der Waals surface area contributed by atoms with Gasteiger partial charge in [0, 0.05) is 26.2 Å². The molecule has 1 aliphatic heterocycles. The number of aromatic nitrogens is 2. The summed E-state index contributed by atoms with van der Waals surface area (Å²) < 4.78 is 14.1. The first kappa shape index (κ1) is 18.1. The fourth-order valence-corrected chi connectivity index (χ4v) is 3.54. The third-order valence-electron chi connectivity index (χ3n) is 5.05. The maximum absolute atomic E-state index is 14.1. The van der Waals surface area contributed by atoms with Crippen LogP contribution in [0.4, 0.5) is 15.9 Å². The van der Waals surface area contributed by atoms with E-state index in [9.17, 15) is 9.18 Å². The Morgan fingerprint density at radius 3 is 2.64 bits per heavy atom. The molecule has 0 spiro atoms. The first-order chi connectivity index (χ1) is 13.6. The van der Waals surface area contributed by atoms with Gasteiger partial charge in [0.15, 0.2) is 0 Å². The number of amides is 1. The van der Waals surface area contributed by atoms with Crippen LogP contribution in [-0.2, 0) is 11.2 Å². The summed E-state index contributed by atoms with van der Waals surface area (Å²) >= 11 is 0. The summed E-state index contributed by atoms with van der Waals surface area (Å²) in [4.78, 5) is 25.3. The normalized spacial score (nSPS) is 16.4. The maximum Gasteiger partial charge on any atom is 0.249 e. The van der Waals surface area contributed by atoms with Crippen LogP contribution in [0.2, 0.25) is 0 Å². The lowest BCUT2D eigenvalue weighted by atomic mass is 10.1. The Morgan fingerprint density at radius 2 is 1.86 bits per heavy atom. The van der Waals surface area contributed by atoms with Crippen molar-refractivity contribution in [3.63, 3.8) is 0 Å². The van der Waals surface area contributed by atoms with Crippen LogP contribution in [-0.4, -0.2) is 35.5 Å². The quantitative estimate of drug-likeness (QED) is 0.684. The van der Waals surface area contributed by atoms with E-state index in [1.807, 2.05) is 42.3 Å². The number of likely N-dealkylation sites (N-methyl/N-ethyl adjacent to an activating group) is 1. The zero-order valence-electron chi connectivity index (χ0n) is 15.6. The predicted octanol–water partition coefficient (Wildman–Crippen LogP) is 3.45. The van der Waals surface area contributed by atoms with Gasteiger partial charge in [0.2, 0.25) is 5.91 Å². The second-order valence-corrected chi connectivity index (χ2v) is 6.85. The number of anilines is 2. The van der Waals surface area contributed by atoms with E-state index >= 15 is 0 Å². The van der Waals surface area contributed by atoms with Gasteiger partial charge in [-0.05, 0) is 30.2 Å². The molecule has 1 fully saturated rings. The van der Waals surface area contributed by atoms with Gasteiger partial charge in [-0.1, -0.05) is 42.5 Å². The van der Waals surface area contributed by atoms with Gasteiger partial charge in [-0.25, -0.2) is 14.4 Å². The number of hydrogen-bond donors (Lipinski definition) is 0. The molecule has 2 heterocycles. The van der Waals surface area contributed by atoms with Crippen molar-refractivity contribution in [2.45, 2.75) is 18.9 Å². The number of para-hydroxylation sites is 1. The Hall–Kier alpha value is -3.28. The molecular formula is C22H21FN4O. The van der Waals surface area contributed by atoms with Crippen molar-refractivity contribution in [3.8, 4) is 0 Å². The first-order valence-electron chi connectivity index (χ1n) is 9.28. The van der Waals surface area contributed by atoms with Crippen LogP contribution >= 0.6 is 0 Å². The topological polar surface area (TPSA) is 49.3 Å². The number of rotatable bonds is 5. The van der Waals surface area contributed by atoms with Crippen LogP contribution in [0.1, 0.15) is 17.8 Å². The lowest BCUT2D eigenvalue weighted by Gasteiger charge is -2.25. The van der Waals surface area contributed by atoms with E-state index in [4.69, 9.17) is 0 Å². The smallest absolute Gasteiger partial charge is 0.249 e. The van der Waals surface area contributed by atoms with Gasteiger partial charge in [-0.2, -0.15) is 0 Å². The Kier molecular flexibility index (Phi) is 5.02. The van der Waals surface area contributed by atoms with Crippen LogP contribution in [0.5, 0.6) is 0 Å². The van der Waals surface area contributed by atoms with Gasteiger partial charge in [-0.3, -0.25) is 4.79 Å². The number of halogens is 1. The van der Waals surface area contributed by atoms with E-state index in [0.717, 1.165) is 5.56 Å². The van der Waals surface area contributed by atoms with Gasteiger partial charge in [-0.15, -0.1) is 0 Å². The number of nitrogens with zero attached hydrogens (tertiary/aromatic N) is 4. The van der Waals surface area contributed by atoms with E-state index in [-0.39, 0.29) is 17.8 Å². The summed E-state index contributed by atoms with van der Waals surface area (Å²) in [5.74, 6) is 0.892. The highest BCUT2D eigenvalue weighted by Gasteiger charge is 2.36. The molecule has 6 heteroatoms. The van der Waals surface area contributed by atoms with Gasteiger partial charge < -0.3 is 9.80 Å². The molecule has 1 saturated heterocycles. The van der Waals surface area contributed by atoms with Crippen LogP contribution in [0.15, 0.2) is 66.9 Å². The zero-order chi connectivity index (χ0) is 19.5. The molecule has 1 aliphatic rings. The molecule has 2 aromatic carbocycles. The molecule has 0 bridgehead atoms. The highest BCUT2D eigenvalue weighted by molar-refractivity contribution is 6.01. The minimum Gasteiger partial charge on any atom is -0.347 e. The molecule has 0 radical (unpaired) electrons. The predicted molar refractivity (Wildman–Crippen MR) is 107 cm³/mol.